The van der Waals surface area contributed by atoms with E-state index in [9.17, 15) is 0 Å². The van der Waals surface area contributed by atoms with Gasteiger partial charge in [-0.3, -0.25) is 0 Å². The minimum Gasteiger partial charge on any atom is -0.337 e. The Bertz CT molecular complexity index is 641. The second kappa shape index (κ2) is 6.83. The van der Waals surface area contributed by atoms with E-state index in [1.165, 1.54) is 9.71 Å². The number of aromatic nitrogens is 3. The SMILES string of the molecule is C[C@@H](Cc1nc2ccccc2s1)NCCCn1ccnc1. The summed E-state index contributed by atoms with van der Waals surface area (Å²) in [7, 11) is 0. The van der Waals surface area contributed by atoms with E-state index in [0.717, 1.165) is 31.4 Å². The summed E-state index contributed by atoms with van der Waals surface area (Å²) in [5.41, 5.74) is 1.12. The van der Waals surface area contributed by atoms with Gasteiger partial charge in [0.25, 0.3) is 0 Å². The van der Waals surface area contributed by atoms with E-state index < -0.39 is 0 Å². The van der Waals surface area contributed by atoms with Crippen molar-refractivity contribution in [1.29, 1.82) is 0 Å². The Hall–Kier alpha value is -1.72. The Morgan fingerprint density at radius 1 is 1.33 bits per heavy atom. The van der Waals surface area contributed by atoms with Crippen molar-refractivity contribution in [3.8, 4) is 0 Å². The zero-order chi connectivity index (χ0) is 14.5. The van der Waals surface area contributed by atoms with Crippen molar-refractivity contribution < 1.29 is 0 Å². The van der Waals surface area contributed by atoms with Crippen LogP contribution in [0.15, 0.2) is 43.0 Å². The van der Waals surface area contributed by atoms with Gasteiger partial charge in [0, 0.05) is 31.4 Å². The van der Waals surface area contributed by atoms with Crippen LogP contribution in [0.3, 0.4) is 0 Å². The van der Waals surface area contributed by atoms with Crippen LogP contribution in [-0.4, -0.2) is 27.1 Å². The summed E-state index contributed by atoms with van der Waals surface area (Å²) in [6.45, 7) is 4.26. The van der Waals surface area contributed by atoms with E-state index in [4.69, 9.17) is 0 Å². The zero-order valence-corrected chi connectivity index (χ0v) is 13.0. The quantitative estimate of drug-likeness (QED) is 0.682. The van der Waals surface area contributed by atoms with Crippen molar-refractivity contribution in [3.05, 3.63) is 48.0 Å². The predicted molar refractivity (Wildman–Crippen MR) is 87.6 cm³/mol. The molecule has 0 spiro atoms. The first-order valence-corrected chi connectivity index (χ1v) is 8.16. The number of imidazole rings is 1. The molecule has 21 heavy (non-hydrogen) atoms. The standard InChI is InChI=1S/C16H20N4S/c1-13(18-7-4-9-20-10-8-17-12-20)11-16-19-14-5-2-3-6-15(14)21-16/h2-3,5-6,8,10,12-13,18H,4,7,9,11H2,1H3/t13-/m0/s1. The summed E-state index contributed by atoms with van der Waals surface area (Å²) in [4.78, 5) is 8.74. The Balaban J connectivity index is 1.44. The van der Waals surface area contributed by atoms with Gasteiger partial charge in [-0.15, -0.1) is 11.3 Å². The molecule has 1 aromatic carbocycles. The van der Waals surface area contributed by atoms with Crippen LogP contribution >= 0.6 is 11.3 Å². The Morgan fingerprint density at radius 2 is 2.24 bits per heavy atom. The maximum absolute atomic E-state index is 4.69. The van der Waals surface area contributed by atoms with Crippen molar-refractivity contribution in [1.82, 2.24) is 19.9 Å². The van der Waals surface area contributed by atoms with E-state index in [1.807, 2.05) is 24.8 Å². The van der Waals surface area contributed by atoms with Crippen LogP contribution in [0.4, 0.5) is 0 Å². The number of rotatable bonds is 7. The maximum atomic E-state index is 4.69. The van der Waals surface area contributed by atoms with E-state index in [0.29, 0.717) is 6.04 Å². The number of aryl methyl sites for hydroxylation is 1. The molecule has 0 bridgehead atoms. The highest BCUT2D eigenvalue weighted by Crippen LogP contribution is 2.22. The number of thiazole rings is 1. The molecule has 3 rings (SSSR count). The number of hydrogen-bond donors (Lipinski definition) is 1. The predicted octanol–water partition coefficient (Wildman–Crippen LogP) is 3.10. The molecule has 1 atom stereocenters. The van der Waals surface area contributed by atoms with Gasteiger partial charge < -0.3 is 9.88 Å². The lowest BCUT2D eigenvalue weighted by Gasteiger charge is -2.12. The van der Waals surface area contributed by atoms with Crippen LogP contribution in [0.5, 0.6) is 0 Å². The molecule has 4 nitrogen and oxygen atoms in total. The van der Waals surface area contributed by atoms with Crippen molar-refractivity contribution in [2.45, 2.75) is 32.4 Å². The summed E-state index contributed by atoms with van der Waals surface area (Å²) < 4.78 is 3.39. The molecule has 0 saturated heterocycles. The minimum absolute atomic E-state index is 0.452. The molecular formula is C16H20N4S. The van der Waals surface area contributed by atoms with E-state index >= 15 is 0 Å². The third-order valence-electron chi connectivity index (χ3n) is 3.46. The molecule has 0 saturated carbocycles. The van der Waals surface area contributed by atoms with E-state index in [2.05, 4.69) is 45.0 Å². The van der Waals surface area contributed by atoms with Crippen LogP contribution in [0.1, 0.15) is 18.4 Å². The number of para-hydroxylation sites is 1. The molecule has 0 amide bonds. The van der Waals surface area contributed by atoms with Crippen molar-refractivity contribution >= 4 is 21.6 Å². The van der Waals surface area contributed by atoms with Crippen LogP contribution in [0.2, 0.25) is 0 Å². The summed E-state index contributed by atoms with van der Waals surface area (Å²) >= 11 is 1.80. The van der Waals surface area contributed by atoms with Crippen LogP contribution in [-0.2, 0) is 13.0 Å². The zero-order valence-electron chi connectivity index (χ0n) is 12.2. The fourth-order valence-corrected chi connectivity index (χ4v) is 3.47. The van der Waals surface area contributed by atoms with Gasteiger partial charge in [0.05, 0.1) is 21.6 Å². The molecule has 110 valence electrons. The van der Waals surface area contributed by atoms with Crippen LogP contribution < -0.4 is 5.32 Å². The largest absolute Gasteiger partial charge is 0.337 e. The molecule has 3 aromatic rings. The van der Waals surface area contributed by atoms with Gasteiger partial charge in [-0.05, 0) is 32.0 Å². The first kappa shape index (κ1) is 14.2. The highest BCUT2D eigenvalue weighted by molar-refractivity contribution is 7.18. The summed E-state index contributed by atoms with van der Waals surface area (Å²) in [6, 6.07) is 8.79. The van der Waals surface area contributed by atoms with Gasteiger partial charge >= 0.3 is 0 Å². The van der Waals surface area contributed by atoms with Gasteiger partial charge in [-0.2, -0.15) is 0 Å². The molecule has 0 fully saturated rings. The van der Waals surface area contributed by atoms with Crippen LogP contribution in [0, 0.1) is 0 Å². The Morgan fingerprint density at radius 3 is 3.05 bits per heavy atom. The van der Waals surface area contributed by atoms with Gasteiger partial charge in [-0.1, -0.05) is 12.1 Å². The lowest BCUT2D eigenvalue weighted by Crippen LogP contribution is -2.29. The van der Waals surface area contributed by atoms with Gasteiger partial charge in [-0.25, -0.2) is 9.97 Å². The minimum atomic E-state index is 0.452. The smallest absolute Gasteiger partial charge is 0.0954 e. The topological polar surface area (TPSA) is 42.7 Å². The third kappa shape index (κ3) is 3.89. The molecule has 0 radical (unpaired) electrons. The Labute approximate surface area is 128 Å². The summed E-state index contributed by atoms with van der Waals surface area (Å²) in [5.74, 6) is 0. The van der Waals surface area contributed by atoms with E-state index in [-0.39, 0.29) is 0 Å². The van der Waals surface area contributed by atoms with Crippen molar-refractivity contribution in [3.63, 3.8) is 0 Å². The average Bonchev–Trinajstić information content (AvgIpc) is 3.12. The second-order valence-corrected chi connectivity index (χ2v) is 6.40. The highest BCUT2D eigenvalue weighted by atomic mass is 32.1. The van der Waals surface area contributed by atoms with Crippen molar-refractivity contribution in [2.24, 2.45) is 0 Å². The average molecular weight is 300 g/mol. The molecule has 0 aliphatic carbocycles. The Kier molecular flexibility index (Phi) is 4.62. The first-order valence-electron chi connectivity index (χ1n) is 7.35. The summed E-state index contributed by atoms with van der Waals surface area (Å²) in [6.07, 6.45) is 7.79. The van der Waals surface area contributed by atoms with Crippen molar-refractivity contribution in [2.75, 3.05) is 6.54 Å². The van der Waals surface area contributed by atoms with Gasteiger partial charge in [0.15, 0.2) is 0 Å². The molecule has 2 heterocycles. The normalized spacial score (nSPS) is 12.8. The number of benzene rings is 1. The highest BCUT2D eigenvalue weighted by Gasteiger charge is 2.07. The third-order valence-corrected chi connectivity index (χ3v) is 4.52. The fraction of sp³-hybridized carbons (Fsp3) is 0.375. The molecule has 5 heteroatoms. The second-order valence-electron chi connectivity index (χ2n) is 5.29. The lowest BCUT2D eigenvalue weighted by atomic mass is 10.2. The number of fused-ring (bicyclic) bond motifs is 1. The molecule has 0 aliphatic heterocycles. The molecule has 1 N–H and O–H groups in total. The van der Waals surface area contributed by atoms with Gasteiger partial charge in [0.1, 0.15) is 0 Å². The van der Waals surface area contributed by atoms with Gasteiger partial charge in [0.2, 0.25) is 0 Å². The van der Waals surface area contributed by atoms with E-state index in [1.54, 1.807) is 11.3 Å². The maximum Gasteiger partial charge on any atom is 0.0954 e. The molecule has 0 unspecified atom stereocenters. The monoisotopic (exact) mass is 300 g/mol. The number of nitrogens with zero attached hydrogens (tertiary/aromatic N) is 3. The lowest BCUT2D eigenvalue weighted by molar-refractivity contribution is 0.509. The summed E-state index contributed by atoms with van der Waals surface area (Å²) in [5, 5.41) is 4.78. The number of nitrogens with one attached hydrogen (secondary N) is 1. The molecule has 2 aromatic heterocycles. The molecular weight excluding hydrogens is 280 g/mol. The first-order chi connectivity index (χ1) is 10.3. The molecule has 0 aliphatic rings. The number of hydrogen-bond acceptors (Lipinski definition) is 4. The van der Waals surface area contributed by atoms with Crippen LogP contribution in [0.25, 0.3) is 10.2 Å². The fourth-order valence-electron chi connectivity index (χ4n) is 2.37.